The molecule has 0 aliphatic rings. The zero-order valence-electron chi connectivity index (χ0n) is 12.4. The summed E-state index contributed by atoms with van der Waals surface area (Å²) < 4.78 is 19.4. The van der Waals surface area contributed by atoms with E-state index in [0.717, 1.165) is 16.7 Å². The van der Waals surface area contributed by atoms with Crippen molar-refractivity contribution >= 4 is 0 Å². The quantitative estimate of drug-likeness (QED) is 0.683. The highest BCUT2D eigenvalue weighted by Gasteiger charge is 2.08. The van der Waals surface area contributed by atoms with Crippen molar-refractivity contribution in [2.75, 3.05) is 0 Å². The zero-order chi connectivity index (χ0) is 16.1. The van der Waals surface area contributed by atoms with Crippen LogP contribution in [0.4, 0.5) is 4.39 Å². The first-order valence-corrected chi connectivity index (χ1v) is 7.24. The van der Waals surface area contributed by atoms with Crippen molar-refractivity contribution in [1.29, 1.82) is 5.26 Å². The Bertz CT molecular complexity index is 853. The van der Waals surface area contributed by atoms with E-state index in [2.05, 4.69) is 0 Å². The van der Waals surface area contributed by atoms with E-state index in [1.165, 1.54) is 18.2 Å². The van der Waals surface area contributed by atoms with Crippen LogP contribution in [0.1, 0.15) is 11.1 Å². The number of ether oxygens (including phenoxy) is 1. The molecule has 23 heavy (non-hydrogen) atoms. The standard InChI is InChI=1S/C20H14FNO/c21-19-11-10-15(13-22)12-20(19)23-14-17-8-4-5-9-18(17)16-6-2-1-3-7-16/h1-12H,14H2. The van der Waals surface area contributed by atoms with Gasteiger partial charge in [0.25, 0.3) is 0 Å². The molecule has 0 radical (unpaired) electrons. The Morgan fingerprint density at radius 1 is 0.913 bits per heavy atom. The third kappa shape index (κ3) is 3.38. The topological polar surface area (TPSA) is 33.0 Å². The van der Waals surface area contributed by atoms with E-state index in [4.69, 9.17) is 10.00 Å². The minimum absolute atomic E-state index is 0.0897. The van der Waals surface area contributed by atoms with Gasteiger partial charge in [0, 0.05) is 6.07 Å². The predicted octanol–water partition coefficient (Wildman–Crippen LogP) is 4.94. The fourth-order valence-electron chi connectivity index (χ4n) is 2.38. The molecule has 3 aromatic carbocycles. The highest BCUT2D eigenvalue weighted by atomic mass is 19.1. The minimum Gasteiger partial charge on any atom is -0.486 e. The third-order valence-corrected chi connectivity index (χ3v) is 3.55. The third-order valence-electron chi connectivity index (χ3n) is 3.55. The average Bonchev–Trinajstić information content (AvgIpc) is 2.62. The fraction of sp³-hybridized carbons (Fsp3) is 0.0500. The molecule has 2 nitrogen and oxygen atoms in total. The lowest BCUT2D eigenvalue weighted by atomic mass is 10.0. The van der Waals surface area contributed by atoms with Gasteiger partial charge in [-0.1, -0.05) is 54.6 Å². The molecule has 3 aromatic rings. The van der Waals surface area contributed by atoms with Crippen LogP contribution in [0.2, 0.25) is 0 Å². The van der Waals surface area contributed by atoms with Crippen molar-refractivity contribution in [1.82, 2.24) is 0 Å². The lowest BCUT2D eigenvalue weighted by Gasteiger charge is -2.12. The first-order chi connectivity index (χ1) is 11.3. The Morgan fingerprint density at radius 2 is 1.65 bits per heavy atom. The highest BCUT2D eigenvalue weighted by molar-refractivity contribution is 5.67. The molecule has 0 N–H and O–H groups in total. The predicted molar refractivity (Wildman–Crippen MR) is 87.3 cm³/mol. The smallest absolute Gasteiger partial charge is 0.165 e. The van der Waals surface area contributed by atoms with E-state index in [1.54, 1.807) is 0 Å². The number of benzene rings is 3. The number of rotatable bonds is 4. The van der Waals surface area contributed by atoms with Crippen molar-refractivity contribution in [2.24, 2.45) is 0 Å². The van der Waals surface area contributed by atoms with Crippen LogP contribution in [0, 0.1) is 17.1 Å². The molecule has 0 aliphatic heterocycles. The number of hydrogen-bond donors (Lipinski definition) is 0. The molecule has 0 spiro atoms. The Labute approximate surface area is 134 Å². The Morgan fingerprint density at radius 3 is 2.43 bits per heavy atom. The molecule has 0 bridgehead atoms. The molecule has 3 rings (SSSR count). The van der Waals surface area contributed by atoms with E-state index in [1.807, 2.05) is 60.7 Å². The summed E-state index contributed by atoms with van der Waals surface area (Å²) in [5.74, 6) is -0.381. The number of hydrogen-bond acceptors (Lipinski definition) is 2. The number of nitriles is 1. The Balaban J connectivity index is 1.86. The average molecular weight is 303 g/mol. The van der Waals surface area contributed by atoms with Crippen molar-refractivity contribution < 1.29 is 9.13 Å². The molecule has 112 valence electrons. The fourth-order valence-corrected chi connectivity index (χ4v) is 2.38. The normalized spacial score (nSPS) is 10.1. The first kappa shape index (κ1) is 14.8. The van der Waals surface area contributed by atoms with Gasteiger partial charge >= 0.3 is 0 Å². The van der Waals surface area contributed by atoms with E-state index in [0.29, 0.717) is 5.56 Å². The lowest BCUT2D eigenvalue weighted by Crippen LogP contribution is -2.00. The van der Waals surface area contributed by atoms with Gasteiger partial charge in [0.2, 0.25) is 0 Å². The first-order valence-electron chi connectivity index (χ1n) is 7.24. The van der Waals surface area contributed by atoms with Crippen LogP contribution in [0.15, 0.2) is 72.8 Å². The summed E-state index contributed by atoms with van der Waals surface area (Å²) in [5, 5.41) is 8.90. The van der Waals surface area contributed by atoms with Gasteiger partial charge in [0.15, 0.2) is 11.6 Å². The van der Waals surface area contributed by atoms with Crippen LogP contribution in [0.25, 0.3) is 11.1 Å². The number of halogens is 1. The van der Waals surface area contributed by atoms with Gasteiger partial charge in [0.1, 0.15) is 6.61 Å². The molecule has 0 aliphatic carbocycles. The van der Waals surface area contributed by atoms with E-state index in [9.17, 15) is 4.39 Å². The van der Waals surface area contributed by atoms with Crippen LogP contribution in [-0.2, 0) is 6.61 Å². The monoisotopic (exact) mass is 303 g/mol. The highest BCUT2D eigenvalue weighted by Crippen LogP contribution is 2.26. The summed E-state index contributed by atoms with van der Waals surface area (Å²) in [6.07, 6.45) is 0. The molecule has 0 saturated carbocycles. The maximum Gasteiger partial charge on any atom is 0.165 e. The minimum atomic E-state index is -0.471. The van der Waals surface area contributed by atoms with Gasteiger partial charge in [-0.3, -0.25) is 0 Å². The zero-order valence-corrected chi connectivity index (χ0v) is 12.4. The maximum absolute atomic E-state index is 13.8. The molecule has 0 fully saturated rings. The van der Waals surface area contributed by atoms with Crippen molar-refractivity contribution in [3.63, 3.8) is 0 Å². The summed E-state index contributed by atoms with van der Waals surface area (Å²) in [6, 6.07) is 23.9. The lowest BCUT2D eigenvalue weighted by molar-refractivity contribution is 0.290. The van der Waals surface area contributed by atoms with Gasteiger partial charge in [-0.15, -0.1) is 0 Å². The van der Waals surface area contributed by atoms with Gasteiger partial charge in [-0.25, -0.2) is 4.39 Å². The van der Waals surface area contributed by atoms with Crippen LogP contribution < -0.4 is 4.74 Å². The van der Waals surface area contributed by atoms with Crippen LogP contribution >= 0.6 is 0 Å². The number of nitrogens with zero attached hydrogens (tertiary/aromatic N) is 1. The molecule has 0 atom stereocenters. The van der Waals surface area contributed by atoms with Crippen LogP contribution in [0.5, 0.6) is 5.75 Å². The van der Waals surface area contributed by atoms with Crippen molar-refractivity contribution in [3.05, 3.63) is 89.7 Å². The van der Waals surface area contributed by atoms with E-state index < -0.39 is 5.82 Å². The van der Waals surface area contributed by atoms with Crippen LogP contribution in [0.3, 0.4) is 0 Å². The largest absolute Gasteiger partial charge is 0.486 e. The summed E-state index contributed by atoms with van der Waals surface area (Å²) in [7, 11) is 0. The molecule has 0 unspecified atom stereocenters. The molecule has 3 heteroatoms. The summed E-state index contributed by atoms with van der Waals surface area (Å²) in [6.45, 7) is 0.233. The second-order valence-corrected chi connectivity index (χ2v) is 5.07. The van der Waals surface area contributed by atoms with E-state index in [-0.39, 0.29) is 12.4 Å². The molecule has 0 amide bonds. The van der Waals surface area contributed by atoms with Crippen LogP contribution in [-0.4, -0.2) is 0 Å². The van der Waals surface area contributed by atoms with Crippen molar-refractivity contribution in [3.8, 4) is 22.9 Å². The molecule has 0 heterocycles. The molecule has 0 saturated heterocycles. The summed E-state index contributed by atoms with van der Waals surface area (Å²) >= 11 is 0. The Kier molecular flexibility index (Phi) is 4.35. The van der Waals surface area contributed by atoms with E-state index >= 15 is 0 Å². The SMILES string of the molecule is N#Cc1ccc(F)c(OCc2ccccc2-c2ccccc2)c1. The Hall–Kier alpha value is -3.12. The van der Waals surface area contributed by atoms with Crippen molar-refractivity contribution in [2.45, 2.75) is 6.61 Å². The summed E-state index contributed by atoms with van der Waals surface area (Å²) in [5.41, 5.74) is 3.46. The summed E-state index contributed by atoms with van der Waals surface area (Å²) in [4.78, 5) is 0. The van der Waals surface area contributed by atoms with Gasteiger partial charge in [-0.05, 0) is 28.8 Å². The molecular formula is C20H14FNO. The van der Waals surface area contributed by atoms with Gasteiger partial charge in [0.05, 0.1) is 11.6 Å². The molecular weight excluding hydrogens is 289 g/mol. The van der Waals surface area contributed by atoms with Gasteiger partial charge in [-0.2, -0.15) is 5.26 Å². The maximum atomic E-state index is 13.8. The van der Waals surface area contributed by atoms with Gasteiger partial charge < -0.3 is 4.74 Å². The second kappa shape index (κ2) is 6.76. The second-order valence-electron chi connectivity index (χ2n) is 5.07. The molecule has 0 aromatic heterocycles.